The fourth-order valence-corrected chi connectivity index (χ4v) is 2.99. The van der Waals surface area contributed by atoms with Gasteiger partial charge < -0.3 is 0 Å². The molecule has 2 aromatic rings. The molecular formula is C19H19Cl3N2O2. The zero-order chi connectivity index (χ0) is 19.5. The van der Waals surface area contributed by atoms with E-state index in [1.165, 1.54) is 0 Å². The Balaban J connectivity index is 2.14. The van der Waals surface area contributed by atoms with Crippen LogP contribution in [0.3, 0.4) is 0 Å². The zero-order valence-corrected chi connectivity index (χ0v) is 16.9. The largest absolute Gasteiger partial charge is 0.294 e. The molecule has 0 fully saturated rings. The molecule has 0 radical (unpaired) electrons. The lowest BCUT2D eigenvalue weighted by molar-refractivity contribution is 0.0374. The number of rotatable bonds is 6. The number of carbonyl (C=O) groups is 2. The number of nitrogens with zero attached hydrogens (tertiary/aromatic N) is 2. The van der Waals surface area contributed by atoms with Crippen molar-refractivity contribution < 1.29 is 9.59 Å². The van der Waals surface area contributed by atoms with Gasteiger partial charge in [0.05, 0.1) is 16.1 Å². The first kappa shape index (κ1) is 20.7. The van der Waals surface area contributed by atoms with Crippen molar-refractivity contribution in [3.63, 3.8) is 0 Å². The first-order valence-electron chi connectivity index (χ1n) is 7.94. The van der Waals surface area contributed by atoms with Crippen molar-refractivity contribution in [2.75, 3.05) is 0 Å². The van der Waals surface area contributed by atoms with Crippen LogP contribution in [0, 0.1) is 6.92 Å². The maximum absolute atomic E-state index is 12.5. The van der Waals surface area contributed by atoms with Crippen LogP contribution in [0.1, 0.15) is 46.5 Å². The maximum Gasteiger partial charge on any atom is 0.285 e. The van der Waals surface area contributed by atoms with Gasteiger partial charge in [-0.25, -0.2) is 0 Å². The van der Waals surface area contributed by atoms with Gasteiger partial charge in [0.25, 0.3) is 5.91 Å². The fraction of sp³-hybridized carbons (Fsp3) is 0.263. The molecule has 26 heavy (non-hydrogen) atoms. The van der Waals surface area contributed by atoms with Crippen molar-refractivity contribution in [3.05, 3.63) is 70.2 Å². The Morgan fingerprint density at radius 3 is 2.15 bits per heavy atom. The lowest BCUT2D eigenvalue weighted by atomic mass is 9.94. The molecule has 1 amide bonds. The number of hydrogen-bond acceptors (Lipinski definition) is 3. The summed E-state index contributed by atoms with van der Waals surface area (Å²) >= 11 is 18.5. The van der Waals surface area contributed by atoms with Gasteiger partial charge in [0.2, 0.25) is 0 Å². The number of halogens is 3. The number of ketones is 1. The van der Waals surface area contributed by atoms with Crippen molar-refractivity contribution in [1.29, 1.82) is 0 Å². The Morgan fingerprint density at radius 2 is 1.58 bits per heavy atom. The Labute approximate surface area is 168 Å². The molecule has 0 bridgehead atoms. The van der Waals surface area contributed by atoms with Crippen LogP contribution in [-0.4, -0.2) is 26.3 Å². The summed E-state index contributed by atoms with van der Waals surface area (Å²) in [6.45, 7) is 5.40. The van der Waals surface area contributed by atoms with Gasteiger partial charge in [-0.1, -0.05) is 53.6 Å². The van der Waals surface area contributed by atoms with Crippen LogP contribution in [0.4, 0.5) is 0 Å². The second kappa shape index (κ2) is 8.40. The highest BCUT2D eigenvalue weighted by Crippen LogP contribution is 2.29. The van der Waals surface area contributed by atoms with Crippen LogP contribution in [0.2, 0.25) is 5.02 Å². The lowest BCUT2D eigenvalue weighted by Gasteiger charge is -2.36. The molecule has 2 rings (SSSR count). The van der Waals surface area contributed by atoms with E-state index in [2.05, 4.69) is 0 Å². The van der Waals surface area contributed by atoms with Gasteiger partial charge >= 0.3 is 0 Å². The molecule has 0 aliphatic rings. The van der Waals surface area contributed by atoms with Gasteiger partial charge in [-0.3, -0.25) is 9.59 Å². The van der Waals surface area contributed by atoms with Crippen molar-refractivity contribution in [2.45, 2.75) is 32.7 Å². The molecule has 7 heteroatoms. The first-order valence-corrected chi connectivity index (χ1v) is 8.99. The average molecular weight is 414 g/mol. The van der Waals surface area contributed by atoms with E-state index < -0.39 is 11.4 Å². The summed E-state index contributed by atoms with van der Waals surface area (Å²) in [5.41, 5.74) is 0.946. The number of amides is 1. The van der Waals surface area contributed by atoms with Crippen LogP contribution in [0.25, 0.3) is 0 Å². The molecule has 0 unspecified atom stereocenters. The van der Waals surface area contributed by atoms with Crippen LogP contribution >= 0.6 is 35.2 Å². The number of hydrazine groups is 1. The fourth-order valence-electron chi connectivity index (χ4n) is 2.35. The molecule has 2 aromatic carbocycles. The van der Waals surface area contributed by atoms with Gasteiger partial charge in [0.1, 0.15) is 0 Å². The Kier molecular flexibility index (Phi) is 6.69. The zero-order valence-electron chi connectivity index (χ0n) is 14.7. The van der Waals surface area contributed by atoms with Crippen molar-refractivity contribution in [2.24, 2.45) is 0 Å². The minimum absolute atomic E-state index is 0.0680. The van der Waals surface area contributed by atoms with Crippen molar-refractivity contribution >= 4 is 46.8 Å². The second-order valence-electron chi connectivity index (χ2n) is 6.58. The highest BCUT2D eigenvalue weighted by molar-refractivity contribution is 6.35. The summed E-state index contributed by atoms with van der Waals surface area (Å²) in [5, 5.41) is 0.266. The molecule has 0 aromatic heterocycles. The van der Waals surface area contributed by atoms with Crippen molar-refractivity contribution in [3.8, 4) is 0 Å². The summed E-state index contributed by atoms with van der Waals surface area (Å²) in [7, 11) is 0. The molecule has 0 saturated heterocycles. The minimum atomic E-state index is -0.914. The number of aryl methyl sites for hydroxylation is 1. The standard InChI is InChI=1S/C19H19Cl3N2O2/c1-13-8-10-14(11-9-13)17(25)12-19(2,3)24(22)23(21)18(26)15-6-4-5-7-16(15)20/h4-11H,12H2,1-3H3. The summed E-state index contributed by atoms with van der Waals surface area (Å²) in [6, 6.07) is 13.8. The lowest BCUT2D eigenvalue weighted by Crippen LogP contribution is -2.48. The number of benzene rings is 2. The van der Waals surface area contributed by atoms with E-state index in [1.807, 2.05) is 19.1 Å². The minimum Gasteiger partial charge on any atom is -0.294 e. The molecule has 0 saturated carbocycles. The van der Waals surface area contributed by atoms with Crippen LogP contribution in [0.15, 0.2) is 48.5 Å². The van der Waals surface area contributed by atoms with E-state index in [0.29, 0.717) is 5.56 Å². The number of carbonyl (C=O) groups excluding carboxylic acids is 2. The highest BCUT2D eigenvalue weighted by atomic mass is 35.5. The quantitative estimate of drug-likeness (QED) is 0.348. The van der Waals surface area contributed by atoms with E-state index in [1.54, 1.807) is 50.2 Å². The second-order valence-corrected chi connectivity index (χ2v) is 7.63. The molecule has 0 aliphatic carbocycles. The maximum atomic E-state index is 12.5. The van der Waals surface area contributed by atoms with Crippen LogP contribution in [0.5, 0.6) is 0 Å². The summed E-state index contributed by atoms with van der Waals surface area (Å²) < 4.78 is 1.76. The van der Waals surface area contributed by atoms with Gasteiger partial charge in [-0.15, -0.1) is 4.53 Å². The van der Waals surface area contributed by atoms with E-state index in [0.717, 1.165) is 14.6 Å². The molecule has 0 aliphatic heterocycles. The average Bonchev–Trinajstić information content (AvgIpc) is 2.60. The van der Waals surface area contributed by atoms with Gasteiger partial charge in [-0.2, -0.15) is 4.53 Å². The van der Waals surface area contributed by atoms with E-state index >= 15 is 0 Å². The molecule has 0 spiro atoms. The highest BCUT2D eigenvalue weighted by Gasteiger charge is 2.36. The van der Waals surface area contributed by atoms with Gasteiger partial charge in [0, 0.05) is 35.5 Å². The molecular weight excluding hydrogens is 395 g/mol. The normalized spacial score (nSPS) is 11.5. The number of hydrogen-bond donors (Lipinski definition) is 0. The van der Waals surface area contributed by atoms with Gasteiger partial charge in [0.15, 0.2) is 5.78 Å². The molecule has 138 valence electrons. The third kappa shape index (κ3) is 4.77. The Morgan fingerprint density at radius 1 is 1.00 bits per heavy atom. The van der Waals surface area contributed by atoms with Crippen LogP contribution < -0.4 is 0 Å². The van der Waals surface area contributed by atoms with E-state index in [-0.39, 0.29) is 22.8 Å². The summed E-state index contributed by atoms with van der Waals surface area (Å²) in [6.07, 6.45) is 0.0680. The van der Waals surface area contributed by atoms with E-state index in [4.69, 9.17) is 35.2 Å². The van der Waals surface area contributed by atoms with Gasteiger partial charge in [-0.05, 0) is 32.9 Å². The Bertz CT molecular complexity index is 807. The number of Topliss-reactive ketones (excluding diaryl/α,β-unsaturated/α-hetero) is 1. The predicted octanol–water partition coefficient (Wildman–Crippen LogP) is 5.67. The van der Waals surface area contributed by atoms with E-state index in [9.17, 15) is 9.59 Å². The molecule has 0 heterocycles. The Hall–Kier alpha value is -1.59. The predicted molar refractivity (Wildman–Crippen MR) is 105 cm³/mol. The third-order valence-electron chi connectivity index (χ3n) is 3.89. The molecule has 0 N–H and O–H groups in total. The molecule has 0 atom stereocenters. The van der Waals surface area contributed by atoms with Crippen LogP contribution in [-0.2, 0) is 0 Å². The monoisotopic (exact) mass is 412 g/mol. The smallest absolute Gasteiger partial charge is 0.285 e. The summed E-state index contributed by atoms with van der Waals surface area (Å²) in [4.78, 5) is 25.1. The first-order chi connectivity index (χ1) is 12.1. The SMILES string of the molecule is Cc1ccc(C(=O)CC(C)(C)N(Cl)N(Cl)C(=O)c2ccccc2Cl)cc1. The van der Waals surface area contributed by atoms with Crippen molar-refractivity contribution in [1.82, 2.24) is 9.06 Å². The summed E-state index contributed by atoms with van der Waals surface area (Å²) in [5.74, 6) is -0.681. The third-order valence-corrected chi connectivity index (χ3v) is 5.21. The topological polar surface area (TPSA) is 40.6 Å². The molecule has 4 nitrogen and oxygen atoms in total.